The molecule has 1 rings (SSSR count). The first-order valence-corrected chi connectivity index (χ1v) is 6.72. The third-order valence-corrected chi connectivity index (χ3v) is 2.76. The van der Waals surface area contributed by atoms with Crippen LogP contribution in [0.4, 0.5) is 0 Å². The lowest BCUT2D eigenvalue weighted by atomic mass is 10.2. The lowest BCUT2D eigenvalue weighted by Gasteiger charge is -2.16. The predicted molar refractivity (Wildman–Crippen MR) is 73.0 cm³/mol. The van der Waals surface area contributed by atoms with Gasteiger partial charge in [0.05, 0.1) is 0 Å². The molecule has 1 aromatic rings. The van der Waals surface area contributed by atoms with Crippen molar-refractivity contribution in [1.82, 2.24) is 5.32 Å². The lowest BCUT2D eigenvalue weighted by molar-refractivity contribution is -0.170. The maximum atomic E-state index is 11.8. The molecule has 0 aliphatic carbocycles. The Morgan fingerprint density at radius 3 is 2.28 bits per heavy atom. The van der Waals surface area contributed by atoms with Crippen LogP contribution in [0.3, 0.4) is 0 Å². The van der Waals surface area contributed by atoms with Crippen molar-refractivity contribution in [2.45, 2.75) is 26.7 Å². The Bertz CT molecular complexity index is 361. The zero-order chi connectivity index (χ0) is 13.4. The van der Waals surface area contributed by atoms with Crippen molar-refractivity contribution >= 4 is 21.8 Å². The Morgan fingerprint density at radius 2 is 1.78 bits per heavy atom. The molecule has 0 aromatic heterocycles. The molecule has 0 bridgehead atoms. The van der Waals surface area contributed by atoms with E-state index in [-0.39, 0.29) is 5.91 Å². The van der Waals surface area contributed by atoms with Gasteiger partial charge in [-0.3, -0.25) is 4.79 Å². The molecular formula is C13H18BrNO3. The number of halogens is 1. The molecule has 0 spiro atoms. The molecule has 0 atom stereocenters. The molecule has 0 saturated heterocycles. The summed E-state index contributed by atoms with van der Waals surface area (Å²) < 4.78 is 11.4. The summed E-state index contributed by atoms with van der Waals surface area (Å²) in [4.78, 5) is 11.8. The largest absolute Gasteiger partial charge is 0.348 e. The Balaban J connectivity index is 2.45. The molecular weight excluding hydrogens is 298 g/mol. The number of carbonyl (C=O) groups is 1. The summed E-state index contributed by atoms with van der Waals surface area (Å²) in [5.74, 6) is -0.249. The number of ether oxygens (including phenoxy) is 2. The van der Waals surface area contributed by atoms with Gasteiger partial charge in [-0.15, -0.1) is 0 Å². The summed E-state index contributed by atoms with van der Waals surface area (Å²) in [6, 6.07) is 7.76. The van der Waals surface area contributed by atoms with Crippen LogP contribution in [0, 0.1) is 0 Å². The van der Waals surface area contributed by atoms with Crippen LogP contribution in [0.15, 0.2) is 28.7 Å². The summed E-state index contributed by atoms with van der Waals surface area (Å²) in [5, 5.41) is 2.78. The van der Waals surface area contributed by atoms with E-state index in [0.29, 0.717) is 19.8 Å². The first-order valence-electron chi connectivity index (χ1n) is 5.92. The Morgan fingerprint density at radius 1 is 1.22 bits per heavy atom. The topological polar surface area (TPSA) is 47.6 Å². The van der Waals surface area contributed by atoms with Gasteiger partial charge in [-0.2, -0.15) is 0 Å². The van der Waals surface area contributed by atoms with Crippen LogP contribution in [0.5, 0.6) is 0 Å². The highest BCUT2D eigenvalue weighted by atomic mass is 79.9. The molecule has 5 heteroatoms. The molecule has 1 N–H and O–H groups in total. The highest BCUT2D eigenvalue weighted by Gasteiger charge is 2.17. The fourth-order valence-electron chi connectivity index (χ4n) is 1.38. The summed E-state index contributed by atoms with van der Waals surface area (Å²) in [6.45, 7) is 5.00. The Hall–Kier alpha value is -0.910. The fraction of sp³-hybridized carbons (Fsp3) is 0.462. The van der Waals surface area contributed by atoms with Crippen molar-refractivity contribution in [2.24, 2.45) is 0 Å². The number of hydrogen-bond donors (Lipinski definition) is 1. The van der Waals surface area contributed by atoms with E-state index in [4.69, 9.17) is 9.47 Å². The van der Waals surface area contributed by atoms with E-state index in [1.807, 2.05) is 38.1 Å². The summed E-state index contributed by atoms with van der Waals surface area (Å²) in [7, 11) is 0. The van der Waals surface area contributed by atoms with Crippen molar-refractivity contribution in [1.29, 1.82) is 0 Å². The van der Waals surface area contributed by atoms with Crippen molar-refractivity contribution in [3.05, 3.63) is 34.3 Å². The SMILES string of the molecule is CCOC(OCC)C(=O)NCc1ccc(Br)cc1. The van der Waals surface area contributed by atoms with Crippen LogP contribution >= 0.6 is 15.9 Å². The minimum Gasteiger partial charge on any atom is -0.348 e. The standard InChI is InChI=1S/C13H18BrNO3/c1-3-17-13(18-4-2)12(16)15-9-10-5-7-11(14)8-6-10/h5-8,13H,3-4,9H2,1-2H3,(H,15,16). The molecule has 0 radical (unpaired) electrons. The van der Waals surface area contributed by atoms with Gasteiger partial charge in [0.25, 0.3) is 5.91 Å². The number of nitrogens with one attached hydrogen (secondary N) is 1. The van der Waals surface area contributed by atoms with E-state index >= 15 is 0 Å². The van der Waals surface area contributed by atoms with Gasteiger partial charge in [-0.1, -0.05) is 28.1 Å². The summed E-state index contributed by atoms with van der Waals surface area (Å²) in [5.41, 5.74) is 1.03. The van der Waals surface area contributed by atoms with Crippen molar-refractivity contribution in [2.75, 3.05) is 13.2 Å². The van der Waals surface area contributed by atoms with Gasteiger partial charge in [-0.05, 0) is 31.5 Å². The molecule has 1 amide bonds. The average molecular weight is 316 g/mol. The number of hydrogen-bond acceptors (Lipinski definition) is 3. The van der Waals surface area contributed by atoms with E-state index in [1.165, 1.54) is 0 Å². The van der Waals surface area contributed by atoms with Gasteiger partial charge in [0.1, 0.15) is 0 Å². The monoisotopic (exact) mass is 315 g/mol. The first-order chi connectivity index (χ1) is 8.67. The minimum atomic E-state index is -0.824. The minimum absolute atomic E-state index is 0.249. The molecule has 0 aliphatic rings. The second-order valence-electron chi connectivity index (χ2n) is 3.59. The van der Waals surface area contributed by atoms with Crippen LogP contribution in [-0.4, -0.2) is 25.4 Å². The zero-order valence-corrected chi connectivity index (χ0v) is 12.2. The lowest BCUT2D eigenvalue weighted by Crippen LogP contribution is -2.38. The Labute approximate surface area is 116 Å². The Kier molecular flexibility index (Phi) is 6.93. The highest BCUT2D eigenvalue weighted by Crippen LogP contribution is 2.10. The zero-order valence-electron chi connectivity index (χ0n) is 10.6. The molecule has 100 valence electrons. The quantitative estimate of drug-likeness (QED) is 0.786. The van der Waals surface area contributed by atoms with Crippen molar-refractivity contribution in [3.8, 4) is 0 Å². The van der Waals surface area contributed by atoms with E-state index in [0.717, 1.165) is 10.0 Å². The fourth-order valence-corrected chi connectivity index (χ4v) is 1.64. The maximum Gasteiger partial charge on any atom is 0.277 e. The van der Waals surface area contributed by atoms with Gasteiger partial charge in [-0.25, -0.2) is 0 Å². The number of benzene rings is 1. The predicted octanol–water partition coefficient (Wildman–Crippen LogP) is 2.46. The molecule has 4 nitrogen and oxygen atoms in total. The van der Waals surface area contributed by atoms with E-state index < -0.39 is 6.29 Å². The molecule has 0 aliphatic heterocycles. The van der Waals surface area contributed by atoms with Crippen molar-refractivity contribution < 1.29 is 14.3 Å². The molecule has 0 heterocycles. The van der Waals surface area contributed by atoms with Crippen molar-refractivity contribution in [3.63, 3.8) is 0 Å². The van der Waals surface area contributed by atoms with Crippen LogP contribution in [0.25, 0.3) is 0 Å². The van der Waals surface area contributed by atoms with E-state index in [2.05, 4.69) is 21.2 Å². The third kappa shape index (κ3) is 5.16. The van der Waals surface area contributed by atoms with Crippen LogP contribution in [0.2, 0.25) is 0 Å². The highest BCUT2D eigenvalue weighted by molar-refractivity contribution is 9.10. The van der Waals surface area contributed by atoms with Gasteiger partial charge in [0.15, 0.2) is 0 Å². The second-order valence-corrected chi connectivity index (χ2v) is 4.50. The molecule has 18 heavy (non-hydrogen) atoms. The molecule has 0 fully saturated rings. The average Bonchev–Trinajstić information content (AvgIpc) is 2.37. The maximum absolute atomic E-state index is 11.8. The second kappa shape index (κ2) is 8.24. The number of carbonyl (C=O) groups excluding carboxylic acids is 1. The first kappa shape index (κ1) is 15.1. The van der Waals surface area contributed by atoms with E-state index in [1.54, 1.807) is 0 Å². The van der Waals surface area contributed by atoms with Gasteiger partial charge < -0.3 is 14.8 Å². The van der Waals surface area contributed by atoms with Gasteiger partial charge >= 0.3 is 0 Å². The summed E-state index contributed by atoms with van der Waals surface area (Å²) >= 11 is 3.36. The van der Waals surface area contributed by atoms with E-state index in [9.17, 15) is 4.79 Å². The molecule has 0 saturated carbocycles. The normalized spacial score (nSPS) is 10.7. The number of amides is 1. The smallest absolute Gasteiger partial charge is 0.277 e. The van der Waals surface area contributed by atoms with Crippen LogP contribution < -0.4 is 5.32 Å². The number of rotatable bonds is 7. The third-order valence-electron chi connectivity index (χ3n) is 2.23. The van der Waals surface area contributed by atoms with Crippen LogP contribution in [0.1, 0.15) is 19.4 Å². The molecule has 1 aromatic carbocycles. The summed E-state index contributed by atoms with van der Waals surface area (Å²) in [6.07, 6.45) is -0.824. The van der Waals surface area contributed by atoms with Gasteiger partial charge in [0, 0.05) is 24.2 Å². The molecule has 0 unspecified atom stereocenters. The van der Waals surface area contributed by atoms with Crippen LogP contribution in [-0.2, 0) is 20.8 Å². The van der Waals surface area contributed by atoms with Gasteiger partial charge in [0.2, 0.25) is 6.29 Å².